The van der Waals surface area contributed by atoms with Crippen LogP contribution in [-0.4, -0.2) is 24.3 Å². The molecule has 3 nitrogen and oxygen atoms in total. The van der Waals surface area contributed by atoms with E-state index in [1.54, 1.807) is 7.05 Å². The van der Waals surface area contributed by atoms with E-state index in [1.807, 2.05) is 6.07 Å². The van der Waals surface area contributed by atoms with Crippen molar-refractivity contribution in [1.29, 1.82) is 5.26 Å². The first-order valence-electron chi connectivity index (χ1n) is 2.18. The lowest BCUT2D eigenvalue weighted by atomic mass is 10.4. The monoisotopic (exact) mass is 106 g/mol. The third-order valence-electron chi connectivity index (χ3n) is 0.775. The van der Waals surface area contributed by atoms with E-state index < -0.39 is 6.04 Å². The van der Waals surface area contributed by atoms with E-state index in [-0.39, 0.29) is 0 Å². The predicted molar refractivity (Wildman–Crippen MR) is 27.8 cm³/mol. The molecule has 0 bridgehead atoms. The van der Waals surface area contributed by atoms with Crippen molar-refractivity contribution in [3.05, 3.63) is 6.54 Å². The maximum atomic E-state index is 8.21. The van der Waals surface area contributed by atoms with Gasteiger partial charge in [0.25, 0.3) is 0 Å². The van der Waals surface area contributed by atoms with Crippen LogP contribution in [-0.2, 0) is 0 Å². The average Bonchev–Trinajstić information content (AvgIpc) is 2.14. The van der Waals surface area contributed by atoms with E-state index in [9.17, 15) is 0 Å². The molecule has 3 radical (unpaired) electrons. The largest absolute Gasteiger partial charge is 0.343 e. The summed E-state index contributed by atoms with van der Waals surface area (Å²) in [7, 11) is 1.74. The predicted octanol–water partition coefficient (Wildman–Crippen LogP) is -0.232. The van der Waals surface area contributed by atoms with Gasteiger partial charge in [-0.25, -0.2) is 4.99 Å². The molecule has 0 spiro atoms. The highest BCUT2D eigenvalue weighted by Gasteiger charge is 2.14. The number of likely N-dealkylation sites (N-methyl/N-ethyl adjacent to an activating group) is 1. The zero-order chi connectivity index (χ0) is 5.98. The molecular formula is C5H4N3. The summed E-state index contributed by atoms with van der Waals surface area (Å²) in [6.45, 7) is 2.70. The third-order valence-corrected chi connectivity index (χ3v) is 0.775. The van der Waals surface area contributed by atoms with Crippen LogP contribution in [0.3, 0.4) is 0 Å². The maximum Gasteiger partial charge on any atom is 0.168 e. The van der Waals surface area contributed by atoms with E-state index in [0.717, 1.165) is 0 Å². The Hall–Kier alpha value is -1.04. The van der Waals surface area contributed by atoms with E-state index in [1.165, 1.54) is 4.90 Å². The van der Waals surface area contributed by atoms with Gasteiger partial charge in [0.1, 0.15) is 6.54 Å². The van der Waals surface area contributed by atoms with Crippen LogP contribution in [0.5, 0.6) is 0 Å². The molecule has 39 valence electrons. The van der Waals surface area contributed by atoms with Gasteiger partial charge in [-0.3, -0.25) is 0 Å². The van der Waals surface area contributed by atoms with Crippen LogP contribution in [0.15, 0.2) is 4.99 Å². The van der Waals surface area contributed by atoms with Crippen LogP contribution < -0.4 is 0 Å². The van der Waals surface area contributed by atoms with E-state index in [0.29, 0.717) is 0 Å². The van der Waals surface area contributed by atoms with E-state index >= 15 is 0 Å². The van der Waals surface area contributed by atoms with Crippen LogP contribution in [0.4, 0.5) is 0 Å². The Bertz CT molecular complexity index is 144. The molecule has 0 aromatic carbocycles. The topological polar surface area (TPSA) is 39.4 Å². The van der Waals surface area contributed by atoms with Crippen molar-refractivity contribution in [3.8, 4) is 6.07 Å². The number of hydrogen-bond donors (Lipinski definition) is 0. The van der Waals surface area contributed by atoms with Crippen molar-refractivity contribution in [2.24, 2.45) is 4.99 Å². The van der Waals surface area contributed by atoms with Gasteiger partial charge in [-0.2, -0.15) is 5.26 Å². The lowest BCUT2D eigenvalue weighted by Crippen LogP contribution is -2.10. The standard InChI is InChI=1S/C5H4N3/c1-8-3-5(2-6)7-4-8/h5H,1H3. The minimum Gasteiger partial charge on any atom is -0.343 e. The Morgan fingerprint density at radius 2 is 2.62 bits per heavy atom. The molecule has 1 heterocycles. The molecule has 1 atom stereocenters. The van der Waals surface area contributed by atoms with E-state index in [2.05, 4.69) is 17.9 Å². The molecule has 0 saturated heterocycles. The fraction of sp³-hybridized carbons (Fsp3) is 0.400. The first kappa shape index (κ1) is 5.10. The minimum atomic E-state index is -0.431. The van der Waals surface area contributed by atoms with Crippen molar-refractivity contribution >= 4 is 6.34 Å². The summed E-state index contributed by atoms with van der Waals surface area (Å²) in [4.78, 5) is 5.16. The summed E-state index contributed by atoms with van der Waals surface area (Å²) in [5.74, 6) is 0. The fourth-order valence-electron chi connectivity index (χ4n) is 0.443. The Morgan fingerprint density at radius 3 is 2.88 bits per heavy atom. The maximum absolute atomic E-state index is 8.21. The highest BCUT2D eigenvalue weighted by molar-refractivity contribution is 5.60. The Morgan fingerprint density at radius 1 is 1.88 bits per heavy atom. The van der Waals surface area contributed by atoms with Gasteiger partial charge in [0, 0.05) is 7.05 Å². The normalized spacial score (nSPS) is 26.0. The van der Waals surface area contributed by atoms with Crippen molar-refractivity contribution in [2.75, 3.05) is 7.05 Å². The molecule has 8 heavy (non-hydrogen) atoms. The molecule has 0 aliphatic carbocycles. The van der Waals surface area contributed by atoms with E-state index in [4.69, 9.17) is 5.26 Å². The molecule has 1 aliphatic rings. The molecule has 3 heteroatoms. The zero-order valence-corrected chi connectivity index (χ0v) is 4.42. The summed E-state index contributed by atoms with van der Waals surface area (Å²) >= 11 is 0. The van der Waals surface area contributed by atoms with Crippen LogP contribution in [0.25, 0.3) is 0 Å². The Labute approximate surface area is 48.2 Å². The smallest absolute Gasteiger partial charge is 0.168 e. The first-order chi connectivity index (χ1) is 3.83. The van der Waals surface area contributed by atoms with Crippen LogP contribution in [0.1, 0.15) is 0 Å². The molecule has 0 aromatic rings. The van der Waals surface area contributed by atoms with Gasteiger partial charge in [0.15, 0.2) is 12.4 Å². The highest BCUT2D eigenvalue weighted by Crippen LogP contribution is 2.03. The Balaban J connectivity index is 2.49. The SMILES string of the molecule is CN1[C]C(C#N)N=[C]1. The number of hydrogen-bond acceptors (Lipinski definition) is 3. The molecule has 0 amide bonds. The fourth-order valence-corrected chi connectivity index (χ4v) is 0.443. The highest BCUT2D eigenvalue weighted by atomic mass is 15.2. The lowest BCUT2D eigenvalue weighted by Gasteiger charge is -1.98. The molecule has 1 unspecified atom stereocenters. The summed E-state index contributed by atoms with van der Waals surface area (Å²) in [5, 5.41) is 8.21. The second-order valence-electron chi connectivity index (χ2n) is 1.45. The summed E-state index contributed by atoms with van der Waals surface area (Å²) < 4.78 is 0. The van der Waals surface area contributed by atoms with Crippen LogP contribution in [0, 0.1) is 17.9 Å². The number of nitrogens with zero attached hydrogens (tertiary/aromatic N) is 3. The molecule has 1 aliphatic heterocycles. The number of rotatable bonds is 0. The van der Waals surface area contributed by atoms with Gasteiger partial charge < -0.3 is 4.90 Å². The quantitative estimate of drug-likeness (QED) is 0.428. The first-order valence-corrected chi connectivity index (χ1v) is 2.18. The summed E-state index contributed by atoms with van der Waals surface area (Å²) in [6.07, 6.45) is 2.55. The minimum absolute atomic E-state index is 0.431. The van der Waals surface area contributed by atoms with Gasteiger partial charge in [0.05, 0.1) is 6.07 Å². The van der Waals surface area contributed by atoms with Crippen molar-refractivity contribution in [2.45, 2.75) is 6.04 Å². The molecular weight excluding hydrogens is 102 g/mol. The second kappa shape index (κ2) is 1.83. The molecule has 0 saturated carbocycles. The van der Waals surface area contributed by atoms with Crippen molar-refractivity contribution in [3.63, 3.8) is 0 Å². The molecule has 1 rings (SSSR count). The molecule has 0 fully saturated rings. The van der Waals surface area contributed by atoms with Crippen LogP contribution >= 0.6 is 0 Å². The van der Waals surface area contributed by atoms with Crippen molar-refractivity contribution < 1.29 is 0 Å². The number of nitriles is 1. The zero-order valence-electron chi connectivity index (χ0n) is 4.42. The lowest BCUT2D eigenvalue weighted by molar-refractivity contribution is 0.635. The van der Waals surface area contributed by atoms with Gasteiger partial charge in [-0.1, -0.05) is 0 Å². The second-order valence-corrected chi connectivity index (χ2v) is 1.45. The van der Waals surface area contributed by atoms with Gasteiger partial charge in [-0.05, 0) is 0 Å². The number of aliphatic imine (C=N–C) groups is 1. The van der Waals surface area contributed by atoms with Crippen molar-refractivity contribution in [1.82, 2.24) is 4.90 Å². The Kier molecular flexibility index (Phi) is 1.17. The molecule has 0 N–H and O–H groups in total. The summed E-state index contributed by atoms with van der Waals surface area (Å²) in [5.41, 5.74) is 0. The van der Waals surface area contributed by atoms with Gasteiger partial charge >= 0.3 is 0 Å². The third kappa shape index (κ3) is 0.784. The average molecular weight is 106 g/mol. The van der Waals surface area contributed by atoms with Crippen LogP contribution in [0.2, 0.25) is 0 Å². The summed E-state index contributed by atoms with van der Waals surface area (Å²) in [6, 6.07) is 1.48. The molecule has 0 aromatic heterocycles. The van der Waals surface area contributed by atoms with Gasteiger partial charge in [0.2, 0.25) is 0 Å². The van der Waals surface area contributed by atoms with Gasteiger partial charge in [-0.15, -0.1) is 0 Å².